The summed E-state index contributed by atoms with van der Waals surface area (Å²) in [6.45, 7) is 2.37. The molecule has 0 aliphatic heterocycles. The lowest BCUT2D eigenvalue weighted by molar-refractivity contribution is 0.0941. The Kier molecular flexibility index (Phi) is 7.07. The van der Waals surface area contributed by atoms with Crippen LogP contribution in [0.2, 0.25) is 0 Å². The number of hydrogen-bond acceptors (Lipinski definition) is 5. The van der Waals surface area contributed by atoms with Gasteiger partial charge in [0, 0.05) is 12.1 Å². The first-order valence-corrected chi connectivity index (χ1v) is 8.73. The predicted molar refractivity (Wildman–Crippen MR) is 106 cm³/mol. The maximum absolute atomic E-state index is 12.6. The zero-order chi connectivity index (χ0) is 20.0. The lowest BCUT2D eigenvalue weighted by Gasteiger charge is -2.26. The van der Waals surface area contributed by atoms with E-state index in [-0.39, 0.29) is 11.9 Å². The van der Waals surface area contributed by atoms with E-state index in [1.165, 1.54) is 0 Å². The van der Waals surface area contributed by atoms with E-state index in [0.717, 1.165) is 11.1 Å². The minimum atomic E-state index is -0.0904. The molecule has 2 aromatic carbocycles. The van der Waals surface area contributed by atoms with Gasteiger partial charge >= 0.3 is 0 Å². The molecule has 0 saturated carbocycles. The summed E-state index contributed by atoms with van der Waals surface area (Å²) in [7, 11) is 8.69. The van der Waals surface area contributed by atoms with E-state index in [0.29, 0.717) is 29.4 Å². The first kappa shape index (κ1) is 20.6. The Morgan fingerprint density at radius 1 is 1.04 bits per heavy atom. The number of carbonyl (C=O) groups excluding carboxylic acids is 1. The second-order valence-corrected chi connectivity index (χ2v) is 6.46. The standard InChI is InChI=1S/C21H28N2O4/c1-14-9-7-8-10-16(14)21(24)22-13-17(23(2)3)15-11-18(25-4)20(27-6)19(12-15)26-5/h7-12,17H,13H2,1-6H3,(H,22,24). The van der Waals surface area contributed by atoms with Gasteiger partial charge in [0.1, 0.15) is 0 Å². The first-order chi connectivity index (χ1) is 12.9. The number of benzene rings is 2. The molecule has 1 unspecified atom stereocenters. The second kappa shape index (κ2) is 9.28. The number of likely N-dealkylation sites (N-methyl/N-ethyl adjacent to an activating group) is 1. The van der Waals surface area contributed by atoms with Crippen LogP contribution in [0, 0.1) is 6.92 Å². The summed E-state index contributed by atoms with van der Waals surface area (Å²) in [6, 6.07) is 11.3. The predicted octanol–water partition coefficient (Wildman–Crippen LogP) is 3.05. The Morgan fingerprint density at radius 3 is 2.11 bits per heavy atom. The molecule has 1 atom stereocenters. The zero-order valence-electron chi connectivity index (χ0n) is 16.8. The molecule has 1 amide bonds. The van der Waals surface area contributed by atoms with Crippen molar-refractivity contribution in [3.8, 4) is 17.2 Å². The van der Waals surface area contributed by atoms with Crippen LogP contribution >= 0.6 is 0 Å². The number of amides is 1. The Bertz CT molecular complexity index is 764. The molecule has 27 heavy (non-hydrogen) atoms. The van der Waals surface area contributed by atoms with Gasteiger partial charge in [0.15, 0.2) is 11.5 Å². The van der Waals surface area contributed by atoms with Crippen LogP contribution in [0.1, 0.15) is 27.5 Å². The highest BCUT2D eigenvalue weighted by Gasteiger charge is 2.21. The topological polar surface area (TPSA) is 60.0 Å². The first-order valence-electron chi connectivity index (χ1n) is 8.73. The normalized spacial score (nSPS) is 11.8. The number of rotatable bonds is 8. The summed E-state index contributed by atoms with van der Waals surface area (Å²) in [4.78, 5) is 14.6. The van der Waals surface area contributed by atoms with E-state index in [4.69, 9.17) is 14.2 Å². The summed E-state index contributed by atoms with van der Waals surface area (Å²) >= 11 is 0. The molecule has 0 fully saturated rings. The van der Waals surface area contributed by atoms with Crippen molar-refractivity contribution in [2.45, 2.75) is 13.0 Å². The Morgan fingerprint density at radius 2 is 1.63 bits per heavy atom. The summed E-state index contributed by atoms with van der Waals surface area (Å²) in [6.07, 6.45) is 0. The van der Waals surface area contributed by atoms with E-state index >= 15 is 0 Å². The molecule has 0 spiro atoms. The van der Waals surface area contributed by atoms with Crippen LogP contribution in [0.4, 0.5) is 0 Å². The van der Waals surface area contributed by atoms with Crippen LogP contribution in [0.3, 0.4) is 0 Å². The summed E-state index contributed by atoms with van der Waals surface area (Å²) in [5.41, 5.74) is 2.59. The van der Waals surface area contributed by atoms with Crippen molar-refractivity contribution in [1.82, 2.24) is 10.2 Å². The molecule has 1 N–H and O–H groups in total. The molecule has 2 aromatic rings. The molecule has 2 rings (SSSR count). The minimum absolute atomic E-state index is 0.0633. The van der Waals surface area contributed by atoms with E-state index in [1.54, 1.807) is 21.3 Å². The van der Waals surface area contributed by atoms with Crippen molar-refractivity contribution < 1.29 is 19.0 Å². The number of nitrogens with zero attached hydrogens (tertiary/aromatic N) is 1. The summed E-state index contributed by atoms with van der Waals surface area (Å²) < 4.78 is 16.3. The highest BCUT2D eigenvalue weighted by atomic mass is 16.5. The maximum Gasteiger partial charge on any atom is 0.251 e. The van der Waals surface area contributed by atoms with Crippen LogP contribution in [-0.4, -0.2) is 52.8 Å². The lowest BCUT2D eigenvalue weighted by atomic mass is 10.0. The van der Waals surface area contributed by atoms with Crippen molar-refractivity contribution in [2.75, 3.05) is 42.0 Å². The van der Waals surface area contributed by atoms with E-state index in [2.05, 4.69) is 5.32 Å². The largest absolute Gasteiger partial charge is 0.493 e. The number of carbonyl (C=O) groups is 1. The van der Waals surface area contributed by atoms with Crippen molar-refractivity contribution in [3.63, 3.8) is 0 Å². The smallest absolute Gasteiger partial charge is 0.251 e. The monoisotopic (exact) mass is 372 g/mol. The molecule has 0 aliphatic rings. The number of nitrogens with one attached hydrogen (secondary N) is 1. The molecule has 0 radical (unpaired) electrons. The molecule has 0 heterocycles. The van der Waals surface area contributed by atoms with Gasteiger partial charge in [-0.25, -0.2) is 0 Å². The highest BCUT2D eigenvalue weighted by molar-refractivity contribution is 5.95. The fraction of sp³-hybridized carbons (Fsp3) is 0.381. The van der Waals surface area contributed by atoms with Crippen LogP contribution in [-0.2, 0) is 0 Å². The third-order valence-corrected chi connectivity index (χ3v) is 4.54. The molecule has 6 heteroatoms. The third-order valence-electron chi connectivity index (χ3n) is 4.54. The number of ether oxygens (including phenoxy) is 3. The lowest BCUT2D eigenvalue weighted by Crippen LogP contribution is -2.34. The van der Waals surface area contributed by atoms with Crippen LogP contribution in [0.15, 0.2) is 36.4 Å². The fourth-order valence-electron chi connectivity index (χ4n) is 3.00. The SMILES string of the molecule is COc1cc(C(CNC(=O)c2ccccc2C)N(C)C)cc(OC)c1OC. The van der Waals surface area contributed by atoms with Crippen LogP contribution < -0.4 is 19.5 Å². The van der Waals surface area contributed by atoms with Crippen molar-refractivity contribution in [3.05, 3.63) is 53.1 Å². The number of hydrogen-bond donors (Lipinski definition) is 1. The molecule has 0 aliphatic carbocycles. The fourth-order valence-corrected chi connectivity index (χ4v) is 3.00. The second-order valence-electron chi connectivity index (χ2n) is 6.46. The van der Waals surface area contributed by atoms with Crippen molar-refractivity contribution in [1.29, 1.82) is 0 Å². The van der Waals surface area contributed by atoms with Gasteiger partial charge in [-0.15, -0.1) is 0 Å². The Labute approximate surface area is 161 Å². The van der Waals surface area contributed by atoms with Gasteiger partial charge in [-0.2, -0.15) is 0 Å². The molecule has 0 aromatic heterocycles. The summed E-state index contributed by atoms with van der Waals surface area (Å²) in [5.74, 6) is 1.63. The molecular formula is C21H28N2O4. The zero-order valence-corrected chi connectivity index (χ0v) is 16.8. The van der Waals surface area contributed by atoms with E-state index < -0.39 is 0 Å². The molecule has 0 saturated heterocycles. The van der Waals surface area contributed by atoms with Gasteiger partial charge < -0.3 is 24.4 Å². The number of aryl methyl sites for hydroxylation is 1. The number of methoxy groups -OCH3 is 3. The Hall–Kier alpha value is -2.73. The van der Waals surface area contributed by atoms with Crippen LogP contribution in [0.25, 0.3) is 0 Å². The van der Waals surface area contributed by atoms with Gasteiger partial charge in [-0.1, -0.05) is 18.2 Å². The van der Waals surface area contributed by atoms with Crippen molar-refractivity contribution in [2.24, 2.45) is 0 Å². The van der Waals surface area contributed by atoms with Gasteiger partial charge in [0.05, 0.1) is 27.4 Å². The molecule has 0 bridgehead atoms. The molecule has 146 valence electrons. The maximum atomic E-state index is 12.6. The highest BCUT2D eigenvalue weighted by Crippen LogP contribution is 2.40. The third kappa shape index (κ3) is 4.71. The van der Waals surface area contributed by atoms with E-state index in [1.807, 2.05) is 62.3 Å². The average molecular weight is 372 g/mol. The minimum Gasteiger partial charge on any atom is -0.493 e. The Balaban J connectivity index is 2.27. The van der Waals surface area contributed by atoms with Crippen LogP contribution in [0.5, 0.6) is 17.2 Å². The van der Waals surface area contributed by atoms with Gasteiger partial charge in [0.2, 0.25) is 5.75 Å². The molecule has 6 nitrogen and oxygen atoms in total. The average Bonchev–Trinajstić information content (AvgIpc) is 2.67. The quantitative estimate of drug-likeness (QED) is 0.772. The molecular weight excluding hydrogens is 344 g/mol. The summed E-state index contributed by atoms with van der Waals surface area (Å²) in [5, 5.41) is 3.03. The van der Waals surface area contributed by atoms with Gasteiger partial charge in [-0.05, 0) is 50.3 Å². The van der Waals surface area contributed by atoms with Crippen molar-refractivity contribution >= 4 is 5.91 Å². The van der Waals surface area contributed by atoms with Gasteiger partial charge in [0.25, 0.3) is 5.91 Å². The van der Waals surface area contributed by atoms with E-state index in [9.17, 15) is 4.79 Å². The van der Waals surface area contributed by atoms with Gasteiger partial charge in [-0.3, -0.25) is 4.79 Å².